The lowest BCUT2D eigenvalue weighted by molar-refractivity contribution is -0.152. The fourth-order valence-corrected chi connectivity index (χ4v) is 3.76. The van der Waals surface area contributed by atoms with Crippen LogP contribution in [0.1, 0.15) is 58.3 Å². The summed E-state index contributed by atoms with van der Waals surface area (Å²) < 4.78 is 0. The summed E-state index contributed by atoms with van der Waals surface area (Å²) in [6, 6.07) is -0.715. The molecule has 23 heavy (non-hydrogen) atoms. The summed E-state index contributed by atoms with van der Waals surface area (Å²) in [5.74, 6) is -1.77. The summed E-state index contributed by atoms with van der Waals surface area (Å²) in [6.07, 6.45) is 6.49. The van der Waals surface area contributed by atoms with Gasteiger partial charge in [0.25, 0.3) is 0 Å². The minimum atomic E-state index is -0.935. The maximum atomic E-state index is 12.8. The molecule has 0 radical (unpaired) electrons. The van der Waals surface area contributed by atoms with Crippen LogP contribution in [-0.2, 0) is 14.4 Å². The number of nitrogens with zero attached hydrogens (tertiary/aromatic N) is 1. The van der Waals surface area contributed by atoms with Gasteiger partial charge in [-0.25, -0.2) is 4.79 Å². The van der Waals surface area contributed by atoms with Crippen molar-refractivity contribution in [3.8, 4) is 0 Å². The number of carbonyl (C=O) groups excluding carboxylic acids is 2. The number of carbonyl (C=O) groups is 3. The molecule has 0 bridgehead atoms. The lowest BCUT2D eigenvalue weighted by Gasteiger charge is -2.33. The van der Waals surface area contributed by atoms with Crippen molar-refractivity contribution in [2.75, 3.05) is 13.1 Å². The van der Waals surface area contributed by atoms with Gasteiger partial charge in [0.2, 0.25) is 11.8 Å². The molecular weight excluding hydrogens is 296 g/mol. The number of hydrogen-bond acceptors (Lipinski definition) is 3. The molecule has 6 nitrogen and oxygen atoms in total. The molecule has 130 valence electrons. The quantitative estimate of drug-likeness (QED) is 0.729. The van der Waals surface area contributed by atoms with E-state index in [1.165, 1.54) is 4.90 Å². The van der Waals surface area contributed by atoms with Crippen LogP contribution in [0.2, 0.25) is 0 Å². The normalized spacial score (nSPS) is 27.7. The second kappa shape index (κ2) is 8.31. The highest BCUT2D eigenvalue weighted by atomic mass is 16.4. The van der Waals surface area contributed by atoms with Crippen molar-refractivity contribution in [3.05, 3.63) is 0 Å². The zero-order chi connectivity index (χ0) is 16.8. The van der Waals surface area contributed by atoms with E-state index in [2.05, 4.69) is 12.2 Å². The minimum Gasteiger partial charge on any atom is -0.480 e. The Labute approximate surface area is 137 Å². The van der Waals surface area contributed by atoms with Crippen molar-refractivity contribution in [1.29, 1.82) is 0 Å². The molecule has 2 amide bonds. The maximum absolute atomic E-state index is 12.8. The van der Waals surface area contributed by atoms with Crippen LogP contribution in [0.15, 0.2) is 0 Å². The summed E-state index contributed by atoms with van der Waals surface area (Å²) in [7, 11) is 0. The molecule has 1 heterocycles. The highest BCUT2D eigenvalue weighted by molar-refractivity contribution is 5.90. The first kappa shape index (κ1) is 17.8. The number of nitrogens with one attached hydrogen (secondary N) is 1. The van der Waals surface area contributed by atoms with Crippen molar-refractivity contribution >= 4 is 17.8 Å². The summed E-state index contributed by atoms with van der Waals surface area (Å²) in [4.78, 5) is 38.1. The third-order valence-corrected chi connectivity index (χ3v) is 5.07. The van der Waals surface area contributed by atoms with E-state index in [0.29, 0.717) is 25.9 Å². The lowest BCUT2D eigenvalue weighted by atomic mass is 9.77. The Balaban J connectivity index is 2.03. The highest BCUT2D eigenvalue weighted by Gasteiger charge is 2.42. The predicted molar refractivity (Wildman–Crippen MR) is 85.7 cm³/mol. The van der Waals surface area contributed by atoms with E-state index in [0.717, 1.165) is 38.5 Å². The fourth-order valence-electron chi connectivity index (χ4n) is 3.76. The zero-order valence-corrected chi connectivity index (χ0v) is 13.9. The van der Waals surface area contributed by atoms with Crippen LogP contribution in [0.5, 0.6) is 0 Å². The monoisotopic (exact) mass is 324 g/mol. The molecule has 1 saturated heterocycles. The van der Waals surface area contributed by atoms with E-state index in [4.69, 9.17) is 0 Å². The van der Waals surface area contributed by atoms with E-state index >= 15 is 0 Å². The van der Waals surface area contributed by atoms with Crippen LogP contribution >= 0.6 is 0 Å². The average molecular weight is 324 g/mol. The summed E-state index contributed by atoms with van der Waals surface area (Å²) >= 11 is 0. The predicted octanol–water partition coefficient (Wildman–Crippen LogP) is 1.78. The molecule has 2 aliphatic rings. The number of carboxylic acids is 1. The molecule has 0 aromatic heterocycles. The Morgan fingerprint density at radius 3 is 2.43 bits per heavy atom. The first-order valence-electron chi connectivity index (χ1n) is 8.87. The highest BCUT2D eigenvalue weighted by Crippen LogP contribution is 2.33. The van der Waals surface area contributed by atoms with Gasteiger partial charge >= 0.3 is 5.97 Å². The van der Waals surface area contributed by atoms with E-state index in [-0.39, 0.29) is 23.7 Å². The topological polar surface area (TPSA) is 86.7 Å². The van der Waals surface area contributed by atoms with Crippen LogP contribution < -0.4 is 5.32 Å². The van der Waals surface area contributed by atoms with E-state index < -0.39 is 12.0 Å². The first-order chi connectivity index (χ1) is 11.1. The molecule has 3 unspecified atom stereocenters. The van der Waals surface area contributed by atoms with Gasteiger partial charge in [0.1, 0.15) is 6.04 Å². The summed E-state index contributed by atoms with van der Waals surface area (Å²) in [5, 5.41) is 12.2. The Hall–Kier alpha value is -1.59. The van der Waals surface area contributed by atoms with Crippen molar-refractivity contribution in [1.82, 2.24) is 10.2 Å². The van der Waals surface area contributed by atoms with Crippen LogP contribution in [0.3, 0.4) is 0 Å². The van der Waals surface area contributed by atoms with Crippen molar-refractivity contribution in [2.45, 2.75) is 64.3 Å². The molecule has 3 atom stereocenters. The smallest absolute Gasteiger partial charge is 0.326 e. The molecule has 2 N–H and O–H groups in total. The molecule has 1 saturated carbocycles. The zero-order valence-electron chi connectivity index (χ0n) is 13.9. The summed E-state index contributed by atoms with van der Waals surface area (Å²) in [5.41, 5.74) is 0. The van der Waals surface area contributed by atoms with E-state index in [1.54, 1.807) is 0 Å². The lowest BCUT2D eigenvalue weighted by Crippen LogP contribution is -2.48. The van der Waals surface area contributed by atoms with Crippen LogP contribution in [0.25, 0.3) is 0 Å². The molecule has 1 aliphatic heterocycles. The molecule has 1 aliphatic carbocycles. The second-order valence-corrected chi connectivity index (χ2v) is 6.67. The molecule has 0 aromatic carbocycles. The molecule has 0 spiro atoms. The van der Waals surface area contributed by atoms with Gasteiger partial charge in [0.05, 0.1) is 0 Å². The van der Waals surface area contributed by atoms with Gasteiger partial charge in [-0.05, 0) is 32.1 Å². The SMILES string of the molecule is CCCCNC(=O)C1CCCCC1C(=O)N1CCCC1C(=O)O. The largest absolute Gasteiger partial charge is 0.480 e. The number of likely N-dealkylation sites (tertiary alicyclic amines) is 1. The number of hydrogen-bond donors (Lipinski definition) is 2. The third kappa shape index (κ3) is 4.24. The van der Waals surface area contributed by atoms with E-state index in [9.17, 15) is 19.5 Å². The third-order valence-electron chi connectivity index (χ3n) is 5.07. The van der Waals surface area contributed by atoms with Gasteiger partial charge in [0, 0.05) is 24.9 Å². The maximum Gasteiger partial charge on any atom is 0.326 e. The molecule has 2 fully saturated rings. The van der Waals surface area contributed by atoms with Crippen molar-refractivity contribution in [2.24, 2.45) is 11.8 Å². The van der Waals surface area contributed by atoms with Gasteiger partial charge < -0.3 is 15.3 Å². The van der Waals surface area contributed by atoms with Gasteiger partial charge in [0.15, 0.2) is 0 Å². The van der Waals surface area contributed by atoms with Crippen LogP contribution in [0, 0.1) is 11.8 Å². The van der Waals surface area contributed by atoms with Gasteiger partial charge in [-0.1, -0.05) is 26.2 Å². The Morgan fingerprint density at radius 2 is 1.78 bits per heavy atom. The molecular formula is C17H28N2O4. The first-order valence-corrected chi connectivity index (χ1v) is 8.87. The van der Waals surface area contributed by atoms with Gasteiger partial charge in [-0.15, -0.1) is 0 Å². The fraction of sp³-hybridized carbons (Fsp3) is 0.824. The van der Waals surface area contributed by atoms with Crippen molar-refractivity contribution < 1.29 is 19.5 Å². The average Bonchev–Trinajstić information content (AvgIpc) is 3.04. The number of carboxylic acid groups (broad SMARTS) is 1. The number of unbranched alkanes of at least 4 members (excludes halogenated alkanes) is 1. The van der Waals surface area contributed by atoms with Gasteiger partial charge in [-0.3, -0.25) is 9.59 Å². The second-order valence-electron chi connectivity index (χ2n) is 6.67. The van der Waals surface area contributed by atoms with Gasteiger partial charge in [-0.2, -0.15) is 0 Å². The molecule has 2 rings (SSSR count). The minimum absolute atomic E-state index is 0.0393. The Bertz CT molecular complexity index is 452. The Kier molecular flexibility index (Phi) is 6.42. The number of amides is 2. The van der Waals surface area contributed by atoms with E-state index in [1.807, 2.05) is 0 Å². The number of rotatable bonds is 6. The van der Waals surface area contributed by atoms with Crippen LogP contribution in [0.4, 0.5) is 0 Å². The molecule has 6 heteroatoms. The van der Waals surface area contributed by atoms with Crippen molar-refractivity contribution in [3.63, 3.8) is 0 Å². The summed E-state index contributed by atoms with van der Waals surface area (Å²) in [6.45, 7) is 3.21. The molecule has 0 aromatic rings. The number of aliphatic carboxylic acids is 1. The standard InChI is InChI=1S/C17H28N2O4/c1-2-3-10-18-15(20)12-7-4-5-8-13(12)16(21)19-11-6-9-14(19)17(22)23/h12-14H,2-11H2,1H3,(H,18,20)(H,22,23). The van der Waals surface area contributed by atoms with Crippen LogP contribution in [-0.4, -0.2) is 46.9 Å². The Morgan fingerprint density at radius 1 is 1.09 bits per heavy atom.